The van der Waals surface area contributed by atoms with Crippen molar-refractivity contribution >= 4 is 28.5 Å². The van der Waals surface area contributed by atoms with Crippen molar-refractivity contribution in [3.05, 3.63) is 0 Å². The van der Waals surface area contributed by atoms with Crippen LogP contribution in [-0.4, -0.2) is 70.9 Å². The Kier molecular flexibility index (Phi) is 9.35. The zero-order valence-corrected chi connectivity index (χ0v) is 24.0. The van der Waals surface area contributed by atoms with Crippen molar-refractivity contribution in [1.82, 2.24) is 5.32 Å². The van der Waals surface area contributed by atoms with Crippen molar-refractivity contribution in [1.29, 1.82) is 0 Å². The number of aliphatic hydroxyl groups excluding tert-OH is 1. The van der Waals surface area contributed by atoms with Crippen molar-refractivity contribution in [2.75, 3.05) is 6.61 Å². The summed E-state index contributed by atoms with van der Waals surface area (Å²) in [6.07, 6.45) is -3.68. The Morgan fingerprint density at radius 2 is 1.44 bits per heavy atom. The molecule has 0 unspecified atom stereocenters. The number of esters is 1. The van der Waals surface area contributed by atoms with Gasteiger partial charge in [-0.25, -0.2) is 0 Å². The highest BCUT2D eigenvalue weighted by molar-refractivity contribution is 6.74. The van der Waals surface area contributed by atoms with Gasteiger partial charge in [-0.2, -0.15) is 0 Å². The largest absolute Gasteiger partial charge is 0.457 e. The predicted octanol–water partition coefficient (Wildman–Crippen LogP) is 3.55. The quantitative estimate of drug-likeness (QED) is 0.414. The lowest BCUT2D eigenvalue weighted by Crippen LogP contribution is -2.68. The highest BCUT2D eigenvalue weighted by Gasteiger charge is 2.53. The fraction of sp³-hybridized carbons (Fsp3) is 0.909. The standard InChI is InChI=1S/C22H45NO7Si2/c1-14(24)23-17-19(30-32(11,12)22(6,7)8)18(28-15(2)25)16(29-20(17)26)13-27-31(9,10)21(3,4)5/h16-20,26H,13H2,1-12H3,(H,23,24)/t16-,17-,18-,19-,20+/m1/s1. The number of aliphatic hydroxyl groups is 1. The minimum absolute atomic E-state index is 0.0209. The summed E-state index contributed by atoms with van der Waals surface area (Å²) in [5.74, 6) is -0.822. The Hall–Kier alpha value is -0.786. The topological polar surface area (TPSA) is 103 Å². The van der Waals surface area contributed by atoms with E-state index in [0.717, 1.165) is 0 Å². The summed E-state index contributed by atoms with van der Waals surface area (Å²) >= 11 is 0. The van der Waals surface area contributed by atoms with E-state index in [1.165, 1.54) is 13.8 Å². The molecule has 188 valence electrons. The molecule has 1 aliphatic heterocycles. The molecular formula is C22H45NO7Si2. The molecule has 0 aromatic heterocycles. The highest BCUT2D eigenvalue weighted by Crippen LogP contribution is 2.41. The third-order valence-corrected chi connectivity index (χ3v) is 16.0. The van der Waals surface area contributed by atoms with Crippen molar-refractivity contribution < 1.29 is 33.0 Å². The molecule has 1 heterocycles. The second kappa shape index (κ2) is 10.2. The summed E-state index contributed by atoms with van der Waals surface area (Å²) in [6, 6.07) is -0.880. The Labute approximate surface area is 196 Å². The van der Waals surface area contributed by atoms with Crippen molar-refractivity contribution in [2.24, 2.45) is 0 Å². The number of amides is 1. The van der Waals surface area contributed by atoms with E-state index in [0.29, 0.717) is 0 Å². The smallest absolute Gasteiger partial charge is 0.303 e. The molecule has 5 atom stereocenters. The van der Waals surface area contributed by atoms with Crippen LogP contribution < -0.4 is 5.32 Å². The molecule has 0 spiro atoms. The summed E-state index contributed by atoms with van der Waals surface area (Å²) in [5, 5.41) is 13.4. The number of carbonyl (C=O) groups is 2. The van der Waals surface area contributed by atoms with E-state index in [1.807, 2.05) is 0 Å². The molecule has 8 nitrogen and oxygen atoms in total. The fourth-order valence-corrected chi connectivity index (χ4v) is 5.27. The van der Waals surface area contributed by atoms with Gasteiger partial charge in [0.15, 0.2) is 29.0 Å². The van der Waals surface area contributed by atoms with Gasteiger partial charge in [0.2, 0.25) is 5.91 Å². The zero-order chi connectivity index (χ0) is 25.3. The SMILES string of the molecule is CC(=O)N[C@@H]1[C@@H](O[Si](C)(C)C(C)(C)C)[C@H](OC(C)=O)[C@@H](CO[Si](C)(C)C(C)(C)C)O[C@@H]1O. The molecule has 1 fully saturated rings. The second-order valence-corrected chi connectivity index (χ2v) is 21.3. The zero-order valence-electron chi connectivity index (χ0n) is 22.0. The van der Waals surface area contributed by atoms with Crippen LogP contribution in [0.25, 0.3) is 0 Å². The third-order valence-electron chi connectivity index (χ3n) is 6.99. The minimum atomic E-state index is -2.37. The van der Waals surface area contributed by atoms with Gasteiger partial charge in [-0.3, -0.25) is 9.59 Å². The molecule has 2 N–H and O–H groups in total. The van der Waals surface area contributed by atoms with Gasteiger partial charge in [-0.1, -0.05) is 41.5 Å². The Balaban J connectivity index is 3.36. The first kappa shape index (κ1) is 29.2. The number of hydrogen-bond acceptors (Lipinski definition) is 7. The first-order chi connectivity index (χ1) is 14.2. The first-order valence-electron chi connectivity index (χ1n) is 11.3. The summed E-state index contributed by atoms with van der Waals surface area (Å²) in [4.78, 5) is 23.9. The predicted molar refractivity (Wildman–Crippen MR) is 129 cm³/mol. The van der Waals surface area contributed by atoms with Gasteiger partial charge in [0.1, 0.15) is 18.2 Å². The molecule has 32 heavy (non-hydrogen) atoms. The van der Waals surface area contributed by atoms with E-state index in [1.54, 1.807) is 0 Å². The van der Waals surface area contributed by atoms with Gasteiger partial charge >= 0.3 is 5.97 Å². The molecule has 10 heteroatoms. The van der Waals surface area contributed by atoms with Crippen LogP contribution >= 0.6 is 0 Å². The van der Waals surface area contributed by atoms with Gasteiger partial charge in [-0.05, 0) is 36.3 Å². The van der Waals surface area contributed by atoms with Crippen LogP contribution in [0.2, 0.25) is 36.3 Å². The molecule has 1 amide bonds. The molecule has 0 aromatic rings. The van der Waals surface area contributed by atoms with E-state index in [9.17, 15) is 14.7 Å². The van der Waals surface area contributed by atoms with Crippen LogP contribution in [0.1, 0.15) is 55.4 Å². The van der Waals surface area contributed by atoms with Gasteiger partial charge in [0.25, 0.3) is 0 Å². The van der Waals surface area contributed by atoms with Crippen LogP contribution in [0.3, 0.4) is 0 Å². The highest BCUT2D eigenvalue weighted by atomic mass is 28.4. The van der Waals surface area contributed by atoms with Gasteiger partial charge < -0.3 is 28.7 Å². The van der Waals surface area contributed by atoms with Crippen molar-refractivity contribution in [3.8, 4) is 0 Å². The Morgan fingerprint density at radius 3 is 1.84 bits per heavy atom. The summed E-state index contributed by atoms with van der Waals surface area (Å²) < 4.78 is 24.5. The molecule has 0 bridgehead atoms. The molecule has 1 rings (SSSR count). The van der Waals surface area contributed by atoms with E-state index >= 15 is 0 Å². The minimum Gasteiger partial charge on any atom is -0.457 e. The maximum atomic E-state index is 12.0. The lowest BCUT2D eigenvalue weighted by Gasteiger charge is -2.49. The lowest BCUT2D eigenvalue weighted by atomic mass is 9.96. The average Bonchev–Trinajstić information content (AvgIpc) is 2.56. The summed E-state index contributed by atoms with van der Waals surface area (Å²) in [5.41, 5.74) is 0. The van der Waals surface area contributed by atoms with Crippen LogP contribution in [0.5, 0.6) is 0 Å². The third kappa shape index (κ3) is 7.36. The number of hydrogen-bond donors (Lipinski definition) is 2. The molecule has 0 radical (unpaired) electrons. The van der Waals surface area contributed by atoms with Crippen molar-refractivity contribution in [2.45, 2.75) is 122 Å². The number of rotatable bonds is 7. The Morgan fingerprint density at radius 1 is 0.938 bits per heavy atom. The normalized spacial score (nSPS) is 27.7. The van der Waals surface area contributed by atoms with Gasteiger partial charge in [-0.15, -0.1) is 0 Å². The molecule has 0 saturated carbocycles. The Bertz CT molecular complexity index is 670. The number of carbonyl (C=O) groups excluding carboxylic acids is 2. The van der Waals surface area contributed by atoms with E-state index < -0.39 is 53.2 Å². The van der Waals surface area contributed by atoms with E-state index in [-0.39, 0.29) is 22.6 Å². The molecule has 0 aromatic carbocycles. The van der Waals surface area contributed by atoms with E-state index in [2.05, 4.69) is 73.0 Å². The average molecular weight is 492 g/mol. The maximum absolute atomic E-state index is 12.0. The number of ether oxygens (including phenoxy) is 2. The van der Waals surface area contributed by atoms with Crippen LogP contribution in [0.4, 0.5) is 0 Å². The van der Waals surface area contributed by atoms with Crippen LogP contribution in [0, 0.1) is 0 Å². The van der Waals surface area contributed by atoms with E-state index in [4.69, 9.17) is 18.3 Å². The lowest BCUT2D eigenvalue weighted by molar-refractivity contribution is -0.255. The molecule has 1 saturated heterocycles. The maximum Gasteiger partial charge on any atom is 0.303 e. The second-order valence-electron chi connectivity index (χ2n) is 11.8. The monoisotopic (exact) mass is 491 g/mol. The number of nitrogens with one attached hydrogen (secondary N) is 1. The van der Waals surface area contributed by atoms with Crippen LogP contribution in [-0.2, 0) is 27.9 Å². The van der Waals surface area contributed by atoms with Crippen LogP contribution in [0.15, 0.2) is 0 Å². The summed E-state index contributed by atoms with van der Waals surface area (Å²) in [7, 11) is -4.49. The molecular weight excluding hydrogens is 446 g/mol. The van der Waals surface area contributed by atoms with Gasteiger partial charge in [0.05, 0.1) is 6.61 Å². The van der Waals surface area contributed by atoms with Crippen molar-refractivity contribution in [3.63, 3.8) is 0 Å². The van der Waals surface area contributed by atoms with Gasteiger partial charge in [0, 0.05) is 13.8 Å². The molecule has 1 aliphatic rings. The summed E-state index contributed by atoms with van der Waals surface area (Å²) in [6.45, 7) is 23.9. The fourth-order valence-electron chi connectivity index (χ4n) is 2.94. The first-order valence-corrected chi connectivity index (χ1v) is 17.1. The molecule has 0 aliphatic carbocycles.